The van der Waals surface area contributed by atoms with E-state index in [0.717, 1.165) is 45.0 Å². The Morgan fingerprint density at radius 1 is 0.903 bits per heavy atom. The summed E-state index contributed by atoms with van der Waals surface area (Å²) in [4.78, 5) is 4.85. The number of pyridine rings is 1. The third-order valence-electron chi connectivity index (χ3n) is 5.21. The monoisotopic (exact) mass is 410 g/mol. The van der Waals surface area contributed by atoms with E-state index >= 15 is 0 Å². The molecule has 0 amide bonds. The summed E-state index contributed by atoms with van der Waals surface area (Å²) < 4.78 is 11.4. The number of fused-ring (bicyclic) bond motifs is 1. The van der Waals surface area contributed by atoms with Gasteiger partial charge in [-0.15, -0.1) is 0 Å². The van der Waals surface area contributed by atoms with Gasteiger partial charge in [0.25, 0.3) is 0 Å². The van der Waals surface area contributed by atoms with Gasteiger partial charge in [-0.3, -0.25) is 0 Å². The number of anilines is 2. The zero-order valence-electron chi connectivity index (χ0n) is 18.1. The second-order valence-electron chi connectivity index (χ2n) is 7.31. The third kappa shape index (κ3) is 4.53. The van der Waals surface area contributed by atoms with Crippen molar-refractivity contribution in [2.24, 2.45) is 0 Å². The number of nitrogens with zero attached hydrogens (tertiary/aromatic N) is 1. The van der Waals surface area contributed by atoms with E-state index in [1.807, 2.05) is 67.6 Å². The van der Waals surface area contributed by atoms with E-state index in [1.165, 1.54) is 5.56 Å². The van der Waals surface area contributed by atoms with Gasteiger partial charge >= 0.3 is 0 Å². The van der Waals surface area contributed by atoms with Crippen molar-refractivity contribution in [1.82, 2.24) is 4.98 Å². The number of benzene rings is 3. The molecule has 156 valence electrons. The van der Waals surface area contributed by atoms with Gasteiger partial charge in [-0.2, -0.15) is 0 Å². The number of methoxy groups -OCH3 is 1. The molecule has 0 fully saturated rings. The van der Waals surface area contributed by atoms with Crippen molar-refractivity contribution in [3.63, 3.8) is 0 Å². The second kappa shape index (κ2) is 9.35. The van der Waals surface area contributed by atoms with Crippen LogP contribution in [-0.4, -0.2) is 18.7 Å². The Hall–Kier alpha value is -3.79. The van der Waals surface area contributed by atoms with Crippen molar-refractivity contribution >= 4 is 28.4 Å². The molecule has 0 atom stereocenters. The number of nitrogens with one attached hydrogen (secondary N) is 1. The largest absolute Gasteiger partial charge is 0.494 e. The molecule has 1 heterocycles. The summed E-state index contributed by atoms with van der Waals surface area (Å²) in [5, 5.41) is 4.66. The molecule has 1 N–H and O–H groups in total. The number of hydrogen-bond donors (Lipinski definition) is 1. The third-order valence-corrected chi connectivity index (χ3v) is 5.21. The van der Waals surface area contributed by atoms with E-state index in [-0.39, 0.29) is 0 Å². The Kier molecular flexibility index (Phi) is 6.18. The molecule has 0 bridgehead atoms. The predicted molar refractivity (Wildman–Crippen MR) is 128 cm³/mol. The van der Waals surface area contributed by atoms with Crippen molar-refractivity contribution in [3.8, 4) is 11.5 Å². The standard InChI is InChI=1S/C27H26N2O2/c1-19-11-7-8-16-24(19)29-26-22(15-10-18-31-21-12-5-4-6-13-21)20(2)28-27-23(26)14-9-17-25(27)30-3/h4-17H,18H2,1-3H3,(H,28,29). The highest BCUT2D eigenvalue weighted by Gasteiger charge is 2.14. The van der Waals surface area contributed by atoms with Gasteiger partial charge in [-0.25, -0.2) is 4.98 Å². The smallest absolute Gasteiger partial charge is 0.145 e. The maximum atomic E-state index is 5.82. The van der Waals surface area contributed by atoms with E-state index in [4.69, 9.17) is 14.5 Å². The molecule has 0 saturated carbocycles. The van der Waals surface area contributed by atoms with Gasteiger partial charge in [0.05, 0.1) is 12.8 Å². The van der Waals surface area contributed by atoms with Crippen LogP contribution in [0.3, 0.4) is 0 Å². The highest BCUT2D eigenvalue weighted by molar-refractivity contribution is 6.00. The average Bonchev–Trinajstić information content (AvgIpc) is 2.79. The Morgan fingerprint density at radius 3 is 2.45 bits per heavy atom. The zero-order chi connectivity index (χ0) is 21.6. The van der Waals surface area contributed by atoms with Crippen molar-refractivity contribution in [1.29, 1.82) is 0 Å². The molecule has 0 aliphatic heterocycles. The maximum Gasteiger partial charge on any atom is 0.145 e. The maximum absolute atomic E-state index is 5.82. The molecule has 0 spiro atoms. The number of aryl methyl sites for hydroxylation is 2. The van der Waals surface area contributed by atoms with E-state index in [9.17, 15) is 0 Å². The molecule has 4 nitrogen and oxygen atoms in total. The Balaban J connectivity index is 1.75. The molecular formula is C27H26N2O2. The Morgan fingerprint density at radius 2 is 1.68 bits per heavy atom. The summed E-state index contributed by atoms with van der Waals surface area (Å²) in [5.74, 6) is 1.61. The van der Waals surface area contributed by atoms with Gasteiger partial charge in [0.15, 0.2) is 0 Å². The lowest BCUT2D eigenvalue weighted by atomic mass is 10.0. The number of ether oxygens (including phenoxy) is 2. The fourth-order valence-electron chi connectivity index (χ4n) is 3.57. The molecule has 0 saturated heterocycles. The van der Waals surface area contributed by atoms with Gasteiger partial charge < -0.3 is 14.8 Å². The van der Waals surface area contributed by atoms with Crippen molar-refractivity contribution in [2.45, 2.75) is 13.8 Å². The van der Waals surface area contributed by atoms with Crippen molar-refractivity contribution in [3.05, 3.63) is 95.7 Å². The van der Waals surface area contributed by atoms with Crippen LogP contribution in [0.4, 0.5) is 11.4 Å². The Labute approximate surface area is 183 Å². The van der Waals surface area contributed by atoms with Crippen LogP contribution in [-0.2, 0) is 0 Å². The van der Waals surface area contributed by atoms with E-state index in [2.05, 4.69) is 36.5 Å². The molecule has 0 radical (unpaired) electrons. The number of para-hydroxylation sites is 3. The molecule has 0 aliphatic rings. The van der Waals surface area contributed by atoms with Crippen LogP contribution in [0.5, 0.6) is 11.5 Å². The van der Waals surface area contributed by atoms with Crippen LogP contribution in [0.15, 0.2) is 78.9 Å². The molecular weight excluding hydrogens is 384 g/mol. The van der Waals surface area contributed by atoms with Crippen LogP contribution in [0.25, 0.3) is 17.0 Å². The number of rotatable bonds is 7. The second-order valence-corrected chi connectivity index (χ2v) is 7.31. The van der Waals surface area contributed by atoms with Crippen LogP contribution in [0.1, 0.15) is 16.8 Å². The van der Waals surface area contributed by atoms with Crippen molar-refractivity contribution < 1.29 is 9.47 Å². The first-order valence-electron chi connectivity index (χ1n) is 10.3. The molecule has 0 unspecified atom stereocenters. The first-order valence-corrected chi connectivity index (χ1v) is 10.3. The highest BCUT2D eigenvalue weighted by atomic mass is 16.5. The molecule has 0 aliphatic carbocycles. The van der Waals surface area contributed by atoms with Crippen LogP contribution in [0.2, 0.25) is 0 Å². The first kappa shape index (κ1) is 20.5. The lowest BCUT2D eigenvalue weighted by Gasteiger charge is -2.18. The minimum atomic E-state index is 0.476. The van der Waals surface area contributed by atoms with Crippen molar-refractivity contribution in [2.75, 3.05) is 19.0 Å². The summed E-state index contributed by atoms with van der Waals surface area (Å²) in [5.41, 5.74) is 6.04. The fraction of sp³-hybridized carbons (Fsp3) is 0.148. The average molecular weight is 411 g/mol. The summed E-state index contributed by atoms with van der Waals surface area (Å²) in [6.45, 7) is 4.60. The molecule has 31 heavy (non-hydrogen) atoms. The summed E-state index contributed by atoms with van der Waals surface area (Å²) in [6.07, 6.45) is 4.09. The lowest BCUT2D eigenvalue weighted by Crippen LogP contribution is -2.02. The zero-order valence-corrected chi connectivity index (χ0v) is 18.1. The van der Waals surface area contributed by atoms with Gasteiger partial charge in [0, 0.05) is 22.3 Å². The minimum absolute atomic E-state index is 0.476. The van der Waals surface area contributed by atoms with Gasteiger partial charge in [-0.05, 0) is 49.8 Å². The van der Waals surface area contributed by atoms with E-state index < -0.39 is 0 Å². The van der Waals surface area contributed by atoms with Crippen LogP contribution in [0, 0.1) is 13.8 Å². The van der Waals surface area contributed by atoms with E-state index in [1.54, 1.807) is 7.11 Å². The van der Waals surface area contributed by atoms with Gasteiger partial charge in [-0.1, -0.05) is 54.6 Å². The fourth-order valence-corrected chi connectivity index (χ4v) is 3.57. The lowest BCUT2D eigenvalue weighted by molar-refractivity contribution is 0.363. The molecule has 1 aromatic heterocycles. The van der Waals surface area contributed by atoms with Crippen LogP contribution >= 0.6 is 0 Å². The summed E-state index contributed by atoms with van der Waals surface area (Å²) in [6, 6.07) is 24.1. The molecule has 4 aromatic rings. The summed E-state index contributed by atoms with van der Waals surface area (Å²) >= 11 is 0. The molecule has 4 rings (SSSR count). The number of hydrogen-bond acceptors (Lipinski definition) is 4. The van der Waals surface area contributed by atoms with E-state index in [0.29, 0.717) is 6.61 Å². The normalized spacial score (nSPS) is 11.1. The Bertz CT molecular complexity index is 1220. The van der Waals surface area contributed by atoms with Crippen LogP contribution < -0.4 is 14.8 Å². The predicted octanol–water partition coefficient (Wildman–Crippen LogP) is 6.70. The van der Waals surface area contributed by atoms with Gasteiger partial charge in [0.1, 0.15) is 23.6 Å². The minimum Gasteiger partial charge on any atom is -0.494 e. The summed E-state index contributed by atoms with van der Waals surface area (Å²) in [7, 11) is 1.68. The quantitative estimate of drug-likeness (QED) is 0.368. The first-order chi connectivity index (χ1) is 15.2. The highest BCUT2D eigenvalue weighted by Crippen LogP contribution is 2.36. The van der Waals surface area contributed by atoms with Gasteiger partial charge in [0.2, 0.25) is 0 Å². The molecule has 3 aromatic carbocycles. The topological polar surface area (TPSA) is 43.4 Å². The number of aromatic nitrogens is 1. The molecule has 4 heteroatoms. The SMILES string of the molecule is COc1cccc2c(Nc3ccccc3C)c(C=CCOc3ccccc3)c(C)nc12.